The Morgan fingerprint density at radius 1 is 0.963 bits per heavy atom. The Morgan fingerprint density at radius 2 is 1.63 bits per heavy atom. The summed E-state index contributed by atoms with van der Waals surface area (Å²) in [5.41, 5.74) is 2.30. The van der Waals surface area contributed by atoms with Crippen molar-refractivity contribution in [2.24, 2.45) is 0 Å². The van der Waals surface area contributed by atoms with Crippen molar-refractivity contribution in [3.63, 3.8) is 0 Å². The number of carbonyl (C=O) groups is 2. The molecule has 0 radical (unpaired) electrons. The average Bonchev–Trinajstić information content (AvgIpc) is 2.68. The van der Waals surface area contributed by atoms with Gasteiger partial charge in [-0.2, -0.15) is 0 Å². The van der Waals surface area contributed by atoms with Crippen LogP contribution in [0.5, 0.6) is 0 Å². The van der Waals surface area contributed by atoms with Gasteiger partial charge < -0.3 is 4.90 Å². The molecule has 0 aliphatic carbocycles. The minimum atomic E-state index is -0.409. The van der Waals surface area contributed by atoms with Crippen molar-refractivity contribution in [2.45, 2.75) is 19.8 Å². The molecule has 2 aromatic rings. The number of nitrogens with zero attached hydrogens (tertiary/aromatic N) is 2. The maximum absolute atomic E-state index is 13.3. The zero-order valence-corrected chi connectivity index (χ0v) is 15.8. The molecule has 5 heteroatoms. The van der Waals surface area contributed by atoms with Crippen molar-refractivity contribution in [3.8, 4) is 0 Å². The predicted octanol–water partition coefficient (Wildman–Crippen LogP) is 3.59. The fraction of sp³-hybridized carbons (Fsp3) is 0.364. The Labute approximate surface area is 159 Å². The van der Waals surface area contributed by atoms with Crippen molar-refractivity contribution < 1.29 is 14.0 Å². The first-order valence-corrected chi connectivity index (χ1v) is 9.34. The van der Waals surface area contributed by atoms with Gasteiger partial charge in [-0.25, -0.2) is 4.39 Å². The van der Waals surface area contributed by atoms with Crippen LogP contribution >= 0.6 is 0 Å². The van der Waals surface area contributed by atoms with Gasteiger partial charge in [0.25, 0.3) is 5.91 Å². The summed E-state index contributed by atoms with van der Waals surface area (Å²) in [5.74, 6) is -0.0358. The zero-order chi connectivity index (χ0) is 19.4. The van der Waals surface area contributed by atoms with Crippen molar-refractivity contribution >= 4 is 11.7 Å². The molecule has 0 saturated carbocycles. The molecule has 1 aliphatic heterocycles. The van der Waals surface area contributed by atoms with Crippen LogP contribution in [0.3, 0.4) is 0 Å². The maximum Gasteiger partial charge on any atom is 0.254 e. The molecule has 1 aliphatic rings. The fourth-order valence-electron chi connectivity index (χ4n) is 3.26. The number of piperazine rings is 1. The van der Waals surface area contributed by atoms with E-state index in [0.29, 0.717) is 44.2 Å². The first kappa shape index (κ1) is 19.2. The molecule has 1 fully saturated rings. The average molecular weight is 368 g/mol. The number of rotatable bonds is 5. The smallest absolute Gasteiger partial charge is 0.254 e. The third-order valence-electron chi connectivity index (χ3n) is 5.00. The van der Waals surface area contributed by atoms with Crippen LogP contribution < -0.4 is 0 Å². The lowest BCUT2D eigenvalue weighted by atomic mass is 10.0. The summed E-state index contributed by atoms with van der Waals surface area (Å²) in [5, 5.41) is 0. The Morgan fingerprint density at radius 3 is 2.22 bits per heavy atom. The highest BCUT2D eigenvalue weighted by molar-refractivity contribution is 5.97. The van der Waals surface area contributed by atoms with E-state index in [1.807, 2.05) is 24.3 Å². The van der Waals surface area contributed by atoms with Crippen LogP contribution in [0, 0.1) is 5.82 Å². The van der Waals surface area contributed by atoms with Crippen molar-refractivity contribution in [3.05, 3.63) is 71.0 Å². The standard InChI is InChI=1S/C22H25FN2O2/c1-16(2)17-6-8-18(9-7-17)21(26)15-24-10-12-25(13-11-24)22(27)19-4-3-5-20(23)14-19/h3-9,14,16H,10-13,15H2,1-2H3. The fourth-order valence-corrected chi connectivity index (χ4v) is 3.26. The Hall–Kier alpha value is -2.53. The van der Waals surface area contributed by atoms with Crippen molar-refractivity contribution in [1.82, 2.24) is 9.80 Å². The number of carbonyl (C=O) groups excluding carboxylic acids is 2. The van der Waals surface area contributed by atoms with Gasteiger partial charge in [-0.3, -0.25) is 14.5 Å². The summed E-state index contributed by atoms with van der Waals surface area (Å²) in [7, 11) is 0. The number of hydrogen-bond donors (Lipinski definition) is 0. The van der Waals surface area contributed by atoms with E-state index in [2.05, 4.69) is 18.7 Å². The predicted molar refractivity (Wildman–Crippen MR) is 104 cm³/mol. The lowest BCUT2D eigenvalue weighted by Gasteiger charge is -2.34. The monoisotopic (exact) mass is 368 g/mol. The molecule has 0 unspecified atom stereocenters. The molecule has 0 spiro atoms. The number of halogens is 1. The minimum absolute atomic E-state index is 0.0928. The van der Waals surface area contributed by atoms with Crippen molar-refractivity contribution in [2.75, 3.05) is 32.7 Å². The Bertz CT molecular complexity index is 809. The zero-order valence-electron chi connectivity index (χ0n) is 15.8. The highest BCUT2D eigenvalue weighted by Gasteiger charge is 2.23. The summed E-state index contributed by atoms with van der Waals surface area (Å²) in [6.45, 7) is 6.95. The number of ketones is 1. The van der Waals surface area contributed by atoms with E-state index in [9.17, 15) is 14.0 Å². The first-order valence-electron chi connectivity index (χ1n) is 9.34. The molecule has 0 atom stereocenters. The second-order valence-corrected chi connectivity index (χ2v) is 7.28. The van der Waals surface area contributed by atoms with E-state index in [1.54, 1.807) is 17.0 Å². The second-order valence-electron chi connectivity index (χ2n) is 7.28. The van der Waals surface area contributed by atoms with Crippen LogP contribution in [0.1, 0.15) is 46.0 Å². The second kappa shape index (κ2) is 8.44. The molecule has 27 heavy (non-hydrogen) atoms. The van der Waals surface area contributed by atoms with Gasteiger partial charge >= 0.3 is 0 Å². The van der Waals surface area contributed by atoms with Gasteiger partial charge in [0.05, 0.1) is 6.54 Å². The third-order valence-corrected chi connectivity index (χ3v) is 5.00. The molecule has 1 amide bonds. The van der Waals surface area contributed by atoms with Crippen LogP contribution in [0.25, 0.3) is 0 Å². The lowest BCUT2D eigenvalue weighted by Crippen LogP contribution is -2.49. The van der Waals surface area contributed by atoms with Gasteiger partial charge in [-0.15, -0.1) is 0 Å². The molecule has 1 saturated heterocycles. The number of benzene rings is 2. The van der Waals surface area contributed by atoms with Gasteiger partial charge in [0, 0.05) is 37.3 Å². The lowest BCUT2D eigenvalue weighted by molar-refractivity contribution is 0.0624. The summed E-state index contributed by atoms with van der Waals surface area (Å²) in [4.78, 5) is 28.7. The highest BCUT2D eigenvalue weighted by atomic mass is 19.1. The SMILES string of the molecule is CC(C)c1ccc(C(=O)CN2CCN(C(=O)c3cccc(F)c3)CC2)cc1. The van der Waals surface area contributed by atoms with Crippen LogP contribution in [0.4, 0.5) is 4.39 Å². The summed E-state index contributed by atoms with van der Waals surface area (Å²) < 4.78 is 13.3. The summed E-state index contributed by atoms with van der Waals surface area (Å²) in [6.07, 6.45) is 0. The molecule has 0 aromatic heterocycles. The molecule has 3 rings (SSSR count). The van der Waals surface area contributed by atoms with E-state index in [0.717, 1.165) is 5.56 Å². The summed E-state index contributed by atoms with van der Waals surface area (Å²) >= 11 is 0. The largest absolute Gasteiger partial charge is 0.336 e. The van der Waals surface area contributed by atoms with E-state index < -0.39 is 5.82 Å². The van der Waals surface area contributed by atoms with E-state index in [1.165, 1.54) is 17.7 Å². The normalized spacial score (nSPS) is 15.2. The van der Waals surface area contributed by atoms with Crippen LogP contribution in [0.2, 0.25) is 0 Å². The topological polar surface area (TPSA) is 40.6 Å². The van der Waals surface area contributed by atoms with Crippen LogP contribution in [-0.2, 0) is 0 Å². The highest BCUT2D eigenvalue weighted by Crippen LogP contribution is 2.16. The van der Waals surface area contributed by atoms with Gasteiger partial charge in [0.15, 0.2) is 5.78 Å². The van der Waals surface area contributed by atoms with Crippen LogP contribution in [-0.4, -0.2) is 54.2 Å². The molecule has 142 valence electrons. The third kappa shape index (κ3) is 4.80. The number of hydrogen-bond acceptors (Lipinski definition) is 3. The molecular formula is C22H25FN2O2. The molecule has 0 N–H and O–H groups in total. The number of Topliss-reactive ketones (excluding diaryl/α,β-unsaturated/α-hetero) is 1. The van der Waals surface area contributed by atoms with Gasteiger partial charge in [-0.05, 0) is 29.7 Å². The van der Waals surface area contributed by atoms with Gasteiger partial charge in [0.1, 0.15) is 5.82 Å². The molecule has 1 heterocycles. The Balaban J connectivity index is 1.53. The first-order chi connectivity index (χ1) is 12.9. The molecular weight excluding hydrogens is 343 g/mol. The summed E-state index contributed by atoms with van der Waals surface area (Å²) in [6, 6.07) is 13.6. The minimum Gasteiger partial charge on any atom is -0.336 e. The molecule has 0 bridgehead atoms. The number of amides is 1. The quantitative estimate of drug-likeness (QED) is 0.758. The van der Waals surface area contributed by atoms with Gasteiger partial charge in [-0.1, -0.05) is 44.2 Å². The van der Waals surface area contributed by atoms with E-state index in [-0.39, 0.29) is 11.7 Å². The van der Waals surface area contributed by atoms with E-state index in [4.69, 9.17) is 0 Å². The Kier molecular flexibility index (Phi) is 6.01. The van der Waals surface area contributed by atoms with E-state index >= 15 is 0 Å². The maximum atomic E-state index is 13.3. The van der Waals surface area contributed by atoms with Crippen LogP contribution in [0.15, 0.2) is 48.5 Å². The molecule has 4 nitrogen and oxygen atoms in total. The van der Waals surface area contributed by atoms with Gasteiger partial charge in [0.2, 0.25) is 0 Å². The molecule has 2 aromatic carbocycles. The van der Waals surface area contributed by atoms with Crippen molar-refractivity contribution in [1.29, 1.82) is 0 Å².